The summed E-state index contributed by atoms with van der Waals surface area (Å²) in [5, 5.41) is 0. The molecular weight excluding hydrogens is 244 g/mol. The standard InChI is InChI=1S/C15H22O4/c1-10(2)14(15(17)18-4)13-8-12(6-5-7-16)11(3)9-19-13/h7-8,10,12,14H,3,5-6,9H2,1-2,4H3. The fraction of sp³-hybridized carbons (Fsp3) is 0.600. The first-order chi connectivity index (χ1) is 9.01. The Hall–Kier alpha value is -1.58. The fourth-order valence-corrected chi connectivity index (χ4v) is 2.22. The van der Waals surface area contributed by atoms with Crippen LogP contribution in [-0.2, 0) is 19.1 Å². The molecule has 0 spiro atoms. The highest BCUT2D eigenvalue weighted by molar-refractivity contribution is 5.75. The minimum Gasteiger partial charge on any atom is -0.493 e. The van der Waals surface area contributed by atoms with Gasteiger partial charge >= 0.3 is 5.97 Å². The summed E-state index contributed by atoms with van der Waals surface area (Å²) in [5.41, 5.74) is 0.943. The molecule has 4 heteroatoms. The van der Waals surface area contributed by atoms with Crippen LogP contribution in [0.15, 0.2) is 24.0 Å². The molecule has 19 heavy (non-hydrogen) atoms. The number of ether oxygens (including phenoxy) is 2. The molecule has 0 aromatic carbocycles. The molecule has 0 saturated heterocycles. The van der Waals surface area contributed by atoms with Crippen molar-refractivity contribution in [2.75, 3.05) is 13.7 Å². The maximum absolute atomic E-state index is 11.8. The van der Waals surface area contributed by atoms with E-state index in [1.165, 1.54) is 7.11 Å². The molecule has 0 N–H and O–H groups in total. The molecule has 0 aliphatic carbocycles. The van der Waals surface area contributed by atoms with Gasteiger partial charge in [-0.25, -0.2) is 0 Å². The molecule has 106 valence electrons. The van der Waals surface area contributed by atoms with Gasteiger partial charge in [0.1, 0.15) is 24.6 Å². The molecule has 0 aromatic heterocycles. The van der Waals surface area contributed by atoms with Crippen LogP contribution in [0.2, 0.25) is 0 Å². The van der Waals surface area contributed by atoms with Crippen LogP contribution in [0.1, 0.15) is 26.7 Å². The molecule has 0 fully saturated rings. The third-order valence-electron chi connectivity index (χ3n) is 3.34. The quantitative estimate of drug-likeness (QED) is 0.421. The second kappa shape index (κ2) is 7.12. The van der Waals surface area contributed by atoms with E-state index >= 15 is 0 Å². The maximum Gasteiger partial charge on any atom is 0.316 e. The van der Waals surface area contributed by atoms with Crippen molar-refractivity contribution in [3.63, 3.8) is 0 Å². The number of allylic oxidation sites excluding steroid dienone is 1. The van der Waals surface area contributed by atoms with Crippen molar-refractivity contribution in [1.29, 1.82) is 0 Å². The lowest BCUT2D eigenvalue weighted by Crippen LogP contribution is -2.28. The summed E-state index contributed by atoms with van der Waals surface area (Å²) in [6.07, 6.45) is 4.01. The van der Waals surface area contributed by atoms with Crippen LogP contribution >= 0.6 is 0 Å². The number of carbonyl (C=O) groups excluding carboxylic acids is 2. The van der Waals surface area contributed by atoms with Crippen LogP contribution < -0.4 is 0 Å². The highest BCUT2D eigenvalue weighted by atomic mass is 16.5. The van der Waals surface area contributed by atoms with Crippen molar-refractivity contribution in [3.8, 4) is 0 Å². The van der Waals surface area contributed by atoms with Gasteiger partial charge in [0.05, 0.1) is 7.11 Å². The fourth-order valence-electron chi connectivity index (χ4n) is 2.22. The van der Waals surface area contributed by atoms with Gasteiger partial charge in [0.15, 0.2) is 0 Å². The van der Waals surface area contributed by atoms with Crippen molar-refractivity contribution in [2.45, 2.75) is 26.7 Å². The normalized spacial score (nSPS) is 20.5. The number of methoxy groups -OCH3 is 1. The van der Waals surface area contributed by atoms with Gasteiger partial charge in [0, 0.05) is 12.3 Å². The van der Waals surface area contributed by atoms with Gasteiger partial charge in [-0.2, -0.15) is 0 Å². The number of carbonyl (C=O) groups is 2. The van der Waals surface area contributed by atoms with Gasteiger partial charge in [-0.15, -0.1) is 0 Å². The third kappa shape index (κ3) is 3.94. The lowest BCUT2D eigenvalue weighted by molar-refractivity contribution is -0.147. The molecule has 0 amide bonds. The summed E-state index contributed by atoms with van der Waals surface area (Å²) < 4.78 is 10.5. The van der Waals surface area contributed by atoms with Crippen LogP contribution in [0.3, 0.4) is 0 Å². The second-order valence-electron chi connectivity index (χ2n) is 5.11. The van der Waals surface area contributed by atoms with E-state index in [1.807, 2.05) is 19.9 Å². The lowest BCUT2D eigenvalue weighted by Gasteiger charge is -2.29. The Bertz CT molecular complexity index is 382. The molecule has 0 bridgehead atoms. The van der Waals surface area contributed by atoms with Gasteiger partial charge in [-0.3, -0.25) is 4.79 Å². The topological polar surface area (TPSA) is 52.6 Å². The minimum atomic E-state index is -0.392. The number of aldehydes is 1. The highest BCUT2D eigenvalue weighted by Crippen LogP contribution is 2.32. The summed E-state index contributed by atoms with van der Waals surface area (Å²) in [6.45, 7) is 8.26. The van der Waals surface area contributed by atoms with E-state index in [-0.39, 0.29) is 17.8 Å². The molecule has 1 rings (SSSR count). The number of rotatable bonds is 6. The summed E-state index contributed by atoms with van der Waals surface area (Å²) in [7, 11) is 1.38. The Kier molecular flexibility index (Phi) is 5.80. The first-order valence-electron chi connectivity index (χ1n) is 6.54. The lowest BCUT2D eigenvalue weighted by atomic mass is 9.87. The zero-order valence-corrected chi connectivity index (χ0v) is 11.8. The van der Waals surface area contributed by atoms with E-state index in [1.54, 1.807) is 0 Å². The van der Waals surface area contributed by atoms with Crippen LogP contribution in [0, 0.1) is 17.8 Å². The second-order valence-corrected chi connectivity index (χ2v) is 5.11. The molecule has 4 nitrogen and oxygen atoms in total. The summed E-state index contributed by atoms with van der Waals surface area (Å²) in [6, 6.07) is 0. The molecule has 0 saturated carbocycles. The zero-order chi connectivity index (χ0) is 14.4. The molecule has 2 atom stereocenters. The number of hydrogen-bond acceptors (Lipinski definition) is 4. The highest BCUT2D eigenvalue weighted by Gasteiger charge is 2.32. The maximum atomic E-state index is 11.8. The summed E-state index contributed by atoms with van der Waals surface area (Å²) in [5.74, 6) is 0.154. The van der Waals surface area contributed by atoms with Gasteiger partial charge in [-0.05, 0) is 24.0 Å². The average Bonchev–Trinajstić information content (AvgIpc) is 2.38. The SMILES string of the molecule is C=C1COC(C(C(=O)OC)C(C)C)=CC1CCC=O. The number of hydrogen-bond donors (Lipinski definition) is 0. The van der Waals surface area contributed by atoms with Crippen LogP contribution in [0.4, 0.5) is 0 Å². The molecule has 1 aliphatic rings. The summed E-state index contributed by atoms with van der Waals surface area (Å²) in [4.78, 5) is 22.3. The minimum absolute atomic E-state index is 0.0942. The van der Waals surface area contributed by atoms with E-state index in [0.29, 0.717) is 25.2 Å². The zero-order valence-electron chi connectivity index (χ0n) is 11.8. The van der Waals surface area contributed by atoms with E-state index in [4.69, 9.17) is 9.47 Å². The van der Waals surface area contributed by atoms with Crippen molar-refractivity contribution in [1.82, 2.24) is 0 Å². The van der Waals surface area contributed by atoms with Gasteiger partial charge in [0.2, 0.25) is 0 Å². The van der Waals surface area contributed by atoms with Crippen molar-refractivity contribution < 1.29 is 19.1 Å². The Morgan fingerprint density at radius 2 is 2.32 bits per heavy atom. The first-order valence-corrected chi connectivity index (χ1v) is 6.54. The van der Waals surface area contributed by atoms with E-state index in [9.17, 15) is 9.59 Å². The summed E-state index contributed by atoms with van der Waals surface area (Å²) >= 11 is 0. The molecule has 2 unspecified atom stereocenters. The number of esters is 1. The predicted molar refractivity (Wildman–Crippen MR) is 72.3 cm³/mol. The average molecular weight is 266 g/mol. The van der Waals surface area contributed by atoms with Crippen molar-refractivity contribution in [3.05, 3.63) is 24.0 Å². The van der Waals surface area contributed by atoms with E-state index in [2.05, 4.69) is 6.58 Å². The molecule has 1 aliphatic heterocycles. The van der Waals surface area contributed by atoms with Crippen LogP contribution in [0.25, 0.3) is 0 Å². The largest absolute Gasteiger partial charge is 0.493 e. The first kappa shape index (κ1) is 15.5. The smallest absolute Gasteiger partial charge is 0.316 e. The van der Waals surface area contributed by atoms with Crippen molar-refractivity contribution in [2.24, 2.45) is 17.8 Å². The van der Waals surface area contributed by atoms with Crippen molar-refractivity contribution >= 4 is 12.3 Å². The molecular formula is C15H22O4. The van der Waals surface area contributed by atoms with E-state index < -0.39 is 5.92 Å². The Balaban J connectivity index is 2.92. The van der Waals surface area contributed by atoms with Gasteiger partial charge in [-0.1, -0.05) is 20.4 Å². The van der Waals surface area contributed by atoms with Crippen LogP contribution in [0.5, 0.6) is 0 Å². The molecule has 0 aromatic rings. The predicted octanol–water partition coefficient (Wildman–Crippen LogP) is 2.50. The van der Waals surface area contributed by atoms with Gasteiger partial charge < -0.3 is 14.3 Å². The molecule has 0 radical (unpaired) electrons. The van der Waals surface area contributed by atoms with Crippen LogP contribution in [-0.4, -0.2) is 26.0 Å². The Morgan fingerprint density at radius 1 is 1.63 bits per heavy atom. The monoisotopic (exact) mass is 266 g/mol. The molecule has 1 heterocycles. The Morgan fingerprint density at radius 3 is 2.84 bits per heavy atom. The van der Waals surface area contributed by atoms with Gasteiger partial charge in [0.25, 0.3) is 0 Å². The van der Waals surface area contributed by atoms with E-state index in [0.717, 1.165) is 11.9 Å². The third-order valence-corrected chi connectivity index (χ3v) is 3.34. The Labute approximate surface area is 114 Å².